The average molecular weight is 320 g/mol. The van der Waals surface area contributed by atoms with E-state index in [1.165, 1.54) is 11.3 Å². The number of carbonyl (C=O) groups excluding carboxylic acids is 1. The van der Waals surface area contributed by atoms with E-state index >= 15 is 0 Å². The lowest BCUT2D eigenvalue weighted by Gasteiger charge is -2.35. The van der Waals surface area contributed by atoms with Crippen molar-refractivity contribution in [2.24, 2.45) is 0 Å². The summed E-state index contributed by atoms with van der Waals surface area (Å²) in [5, 5.41) is 7.89. The maximum Gasteiger partial charge on any atom is 0.317 e. The normalized spacial score (nSPS) is 21.1. The highest BCUT2D eigenvalue weighted by atomic mass is 16.5. The molecule has 1 saturated heterocycles. The Morgan fingerprint density at radius 2 is 2.26 bits per heavy atom. The van der Waals surface area contributed by atoms with Crippen LogP contribution in [0.4, 0.5) is 4.79 Å². The number of rotatable bonds is 4. The molecule has 2 aliphatic heterocycles. The molecule has 0 radical (unpaired) electrons. The molecule has 0 aliphatic carbocycles. The number of carbonyl (C=O) groups is 1. The largest absolute Gasteiger partial charge is 0.376 e. The van der Waals surface area contributed by atoms with Gasteiger partial charge in [-0.2, -0.15) is 5.10 Å². The molecule has 1 atom stereocenters. The van der Waals surface area contributed by atoms with Gasteiger partial charge in [-0.25, -0.2) is 4.79 Å². The summed E-state index contributed by atoms with van der Waals surface area (Å²) in [6.45, 7) is 8.01. The zero-order valence-corrected chi connectivity index (χ0v) is 14.3. The number of nitrogens with zero attached hydrogens (tertiary/aromatic N) is 3. The van der Waals surface area contributed by atoms with E-state index in [9.17, 15) is 4.79 Å². The molecule has 0 bridgehead atoms. The van der Waals surface area contributed by atoms with Crippen molar-refractivity contribution in [1.82, 2.24) is 20.0 Å². The zero-order valence-electron chi connectivity index (χ0n) is 14.3. The first-order chi connectivity index (χ1) is 11.3. The second-order valence-corrected chi connectivity index (χ2v) is 6.37. The molecule has 1 aromatic heterocycles. The fraction of sp³-hybridized carbons (Fsp3) is 0.765. The van der Waals surface area contributed by atoms with Crippen molar-refractivity contribution in [2.45, 2.75) is 65.1 Å². The van der Waals surface area contributed by atoms with Gasteiger partial charge in [0.1, 0.15) is 0 Å². The number of aryl methyl sites for hydroxylation is 1. The SMILES string of the molecule is CCCNC(=O)N1CCCCC1c1nn(CC)c2c1COCC2. The van der Waals surface area contributed by atoms with E-state index in [0.29, 0.717) is 6.61 Å². The Hall–Kier alpha value is -1.56. The van der Waals surface area contributed by atoms with E-state index < -0.39 is 0 Å². The van der Waals surface area contributed by atoms with Gasteiger partial charge in [0.25, 0.3) is 0 Å². The maximum atomic E-state index is 12.5. The molecule has 1 N–H and O–H groups in total. The molecule has 3 rings (SSSR count). The lowest BCUT2D eigenvalue weighted by molar-refractivity contribution is 0.105. The first-order valence-electron chi connectivity index (χ1n) is 8.96. The minimum atomic E-state index is 0.0491. The lowest BCUT2D eigenvalue weighted by atomic mass is 9.95. The minimum absolute atomic E-state index is 0.0491. The second-order valence-electron chi connectivity index (χ2n) is 6.37. The van der Waals surface area contributed by atoms with Crippen LogP contribution in [0.2, 0.25) is 0 Å². The average Bonchev–Trinajstić information content (AvgIpc) is 2.98. The topological polar surface area (TPSA) is 59.4 Å². The molecule has 128 valence electrons. The van der Waals surface area contributed by atoms with Crippen LogP contribution in [0.5, 0.6) is 0 Å². The predicted molar refractivity (Wildman–Crippen MR) is 88.2 cm³/mol. The molecule has 0 saturated carbocycles. The number of ether oxygens (including phenoxy) is 1. The Morgan fingerprint density at radius 1 is 1.39 bits per heavy atom. The third-order valence-corrected chi connectivity index (χ3v) is 4.83. The number of hydrogen-bond acceptors (Lipinski definition) is 3. The summed E-state index contributed by atoms with van der Waals surface area (Å²) in [5.41, 5.74) is 3.58. The molecule has 1 aromatic rings. The number of urea groups is 1. The van der Waals surface area contributed by atoms with E-state index in [2.05, 4.69) is 23.8 Å². The number of amides is 2. The molecular formula is C17H28N4O2. The fourth-order valence-corrected chi connectivity index (χ4v) is 3.66. The summed E-state index contributed by atoms with van der Waals surface area (Å²) in [6.07, 6.45) is 5.09. The number of nitrogens with one attached hydrogen (secondary N) is 1. The number of piperidine rings is 1. The van der Waals surface area contributed by atoms with Crippen molar-refractivity contribution < 1.29 is 9.53 Å². The molecular weight excluding hydrogens is 292 g/mol. The van der Waals surface area contributed by atoms with Crippen molar-refractivity contribution >= 4 is 6.03 Å². The molecule has 3 heterocycles. The van der Waals surface area contributed by atoms with Crippen molar-refractivity contribution in [3.63, 3.8) is 0 Å². The molecule has 2 amide bonds. The summed E-state index contributed by atoms with van der Waals surface area (Å²) in [6, 6.07) is 0.136. The van der Waals surface area contributed by atoms with E-state index in [0.717, 1.165) is 64.0 Å². The molecule has 6 heteroatoms. The number of likely N-dealkylation sites (tertiary alicyclic amines) is 1. The van der Waals surface area contributed by atoms with E-state index in [1.807, 2.05) is 4.90 Å². The van der Waals surface area contributed by atoms with Gasteiger partial charge in [0.2, 0.25) is 0 Å². The Bertz CT molecular complexity index is 555. The maximum absolute atomic E-state index is 12.5. The van der Waals surface area contributed by atoms with Crippen LogP contribution in [-0.2, 0) is 24.3 Å². The molecule has 0 aromatic carbocycles. The summed E-state index contributed by atoms with van der Waals surface area (Å²) < 4.78 is 7.77. The highest BCUT2D eigenvalue weighted by Crippen LogP contribution is 2.35. The van der Waals surface area contributed by atoms with Crippen LogP contribution in [0.25, 0.3) is 0 Å². The molecule has 0 spiro atoms. The Balaban J connectivity index is 1.88. The van der Waals surface area contributed by atoms with Crippen molar-refractivity contribution in [1.29, 1.82) is 0 Å². The third kappa shape index (κ3) is 3.22. The number of aromatic nitrogens is 2. The standard InChI is InChI=1S/C17H28N4O2/c1-3-9-18-17(22)20-10-6-5-7-15(20)16-13-12-23-11-8-14(13)21(4-2)19-16/h15H,3-12H2,1-2H3,(H,18,22). The summed E-state index contributed by atoms with van der Waals surface area (Å²) in [7, 11) is 0. The van der Waals surface area contributed by atoms with E-state index in [-0.39, 0.29) is 12.1 Å². The zero-order chi connectivity index (χ0) is 16.2. The van der Waals surface area contributed by atoms with Crippen molar-refractivity contribution in [3.8, 4) is 0 Å². The first-order valence-corrected chi connectivity index (χ1v) is 8.96. The Labute approximate surface area is 138 Å². The van der Waals surface area contributed by atoms with E-state index in [4.69, 9.17) is 9.84 Å². The highest BCUT2D eigenvalue weighted by molar-refractivity contribution is 5.74. The van der Waals surface area contributed by atoms with Crippen LogP contribution < -0.4 is 5.32 Å². The summed E-state index contributed by atoms with van der Waals surface area (Å²) >= 11 is 0. The van der Waals surface area contributed by atoms with Gasteiger partial charge in [-0.05, 0) is 32.6 Å². The number of fused-ring (bicyclic) bond motifs is 1. The van der Waals surface area contributed by atoms with Crippen molar-refractivity contribution in [2.75, 3.05) is 19.7 Å². The van der Waals surface area contributed by atoms with Crippen LogP contribution in [-0.4, -0.2) is 40.4 Å². The number of hydrogen-bond donors (Lipinski definition) is 1. The first kappa shape index (κ1) is 16.3. The van der Waals surface area contributed by atoms with Crippen LogP contribution in [0.15, 0.2) is 0 Å². The summed E-state index contributed by atoms with van der Waals surface area (Å²) in [5.74, 6) is 0. The van der Waals surface area contributed by atoms with Gasteiger partial charge in [0, 0.05) is 37.3 Å². The monoisotopic (exact) mass is 320 g/mol. The van der Waals surface area contributed by atoms with Gasteiger partial charge in [0.15, 0.2) is 0 Å². The highest BCUT2D eigenvalue weighted by Gasteiger charge is 2.33. The van der Waals surface area contributed by atoms with E-state index in [1.54, 1.807) is 0 Å². The van der Waals surface area contributed by atoms with Crippen LogP contribution in [0.3, 0.4) is 0 Å². The molecule has 23 heavy (non-hydrogen) atoms. The van der Waals surface area contributed by atoms with Gasteiger partial charge in [0.05, 0.1) is 24.9 Å². The molecule has 1 fully saturated rings. The predicted octanol–water partition coefficient (Wildman–Crippen LogP) is 2.62. The third-order valence-electron chi connectivity index (χ3n) is 4.83. The molecule has 2 aliphatic rings. The summed E-state index contributed by atoms with van der Waals surface area (Å²) in [4.78, 5) is 14.5. The van der Waals surface area contributed by atoms with Crippen LogP contribution in [0, 0.1) is 0 Å². The smallest absolute Gasteiger partial charge is 0.317 e. The molecule has 1 unspecified atom stereocenters. The van der Waals surface area contributed by atoms with Gasteiger partial charge >= 0.3 is 6.03 Å². The quantitative estimate of drug-likeness (QED) is 0.928. The van der Waals surface area contributed by atoms with Crippen molar-refractivity contribution in [3.05, 3.63) is 17.0 Å². The van der Waals surface area contributed by atoms with Gasteiger partial charge in [-0.1, -0.05) is 6.92 Å². The van der Waals surface area contributed by atoms with Gasteiger partial charge in [-0.3, -0.25) is 4.68 Å². The molecule has 6 nitrogen and oxygen atoms in total. The minimum Gasteiger partial charge on any atom is -0.376 e. The van der Waals surface area contributed by atoms with Gasteiger partial charge in [-0.15, -0.1) is 0 Å². The van der Waals surface area contributed by atoms with Crippen LogP contribution >= 0.6 is 0 Å². The Morgan fingerprint density at radius 3 is 3.04 bits per heavy atom. The lowest BCUT2D eigenvalue weighted by Crippen LogP contribution is -2.45. The van der Waals surface area contributed by atoms with Crippen LogP contribution in [0.1, 0.15) is 62.5 Å². The fourth-order valence-electron chi connectivity index (χ4n) is 3.66. The second kappa shape index (κ2) is 7.34. The Kier molecular flexibility index (Phi) is 5.20. The van der Waals surface area contributed by atoms with Gasteiger partial charge < -0.3 is 15.0 Å².